The molecule has 3 aromatic carbocycles. The summed E-state index contributed by atoms with van der Waals surface area (Å²) in [5.41, 5.74) is 6.90. The molecule has 2 saturated heterocycles. The number of ether oxygens (including phenoxy) is 2. The van der Waals surface area contributed by atoms with Crippen LogP contribution in [-0.2, 0) is 14.8 Å². The number of amides is 1. The molecule has 66 heavy (non-hydrogen) atoms. The third-order valence-corrected chi connectivity index (χ3v) is 15.2. The summed E-state index contributed by atoms with van der Waals surface area (Å²) in [5.74, 6) is -0.257. The minimum Gasteiger partial charge on any atom is -0.471 e. The molecule has 2 fully saturated rings. The van der Waals surface area contributed by atoms with Gasteiger partial charge in [-0.05, 0) is 123 Å². The summed E-state index contributed by atoms with van der Waals surface area (Å²) >= 11 is 6.27. The number of nitrogens with one attached hydrogen (secondary N) is 3. The number of sulfonamides is 1. The predicted molar refractivity (Wildman–Crippen MR) is 259 cm³/mol. The Labute approximate surface area is 390 Å². The number of carbonyl (C=O) groups excluding carboxylic acids is 1. The number of anilines is 4. The number of aromatic nitrogens is 2. The van der Waals surface area contributed by atoms with Crippen molar-refractivity contribution >= 4 is 72.6 Å². The molecule has 1 aliphatic carbocycles. The van der Waals surface area contributed by atoms with Crippen LogP contribution < -0.4 is 24.6 Å². The smallest absolute Gasteiger partial charge is 0.293 e. The number of aromatic amines is 1. The molecule has 0 radical (unpaired) electrons. The largest absolute Gasteiger partial charge is 0.471 e. The first kappa shape index (κ1) is 45.5. The van der Waals surface area contributed by atoms with Gasteiger partial charge in [0.2, 0.25) is 5.88 Å². The number of nitro groups is 1. The number of nitrogens with zero attached hydrogens (tertiary/aromatic N) is 5. The Morgan fingerprint density at radius 1 is 1.02 bits per heavy atom. The second kappa shape index (κ2) is 18.5. The lowest BCUT2D eigenvalue weighted by Gasteiger charge is -2.40. The van der Waals surface area contributed by atoms with E-state index in [4.69, 9.17) is 26.1 Å². The fourth-order valence-electron chi connectivity index (χ4n) is 9.84. The lowest BCUT2D eigenvalue weighted by Crippen LogP contribution is -2.47. The monoisotopic (exact) mass is 936 g/mol. The number of halogens is 1. The van der Waals surface area contributed by atoms with Gasteiger partial charge in [-0.15, -0.1) is 0 Å². The molecule has 17 heteroatoms. The zero-order chi connectivity index (χ0) is 46.3. The molecule has 0 bridgehead atoms. The average molecular weight is 938 g/mol. The van der Waals surface area contributed by atoms with E-state index in [1.807, 2.05) is 55.1 Å². The molecule has 0 saturated carbocycles. The summed E-state index contributed by atoms with van der Waals surface area (Å²) in [5, 5.41) is 17.1. The second-order valence-corrected chi connectivity index (χ2v) is 21.0. The molecule has 3 aliphatic heterocycles. The lowest BCUT2D eigenvalue weighted by atomic mass is 9.72. The first-order valence-corrected chi connectivity index (χ1v) is 24.7. The molecule has 348 valence electrons. The number of hydrogen-bond acceptors (Lipinski definition) is 12. The number of hydrogen-bond donors (Lipinski definition) is 3. The molecule has 2 atom stereocenters. The van der Waals surface area contributed by atoms with Crippen molar-refractivity contribution in [3.8, 4) is 5.88 Å². The van der Waals surface area contributed by atoms with Gasteiger partial charge in [0.1, 0.15) is 23.1 Å². The topological polar surface area (TPSA) is 175 Å². The SMILES string of the molecule is C[C@@H]1CN(c2cc(N3CCN(CC4=C(c5ccc(Cl)cc5)CC(C)(C)CC4)CC3)ccc2C(=O)NS(=O)(=O)c2ccc(N[C@H](C)C3CCOCC3)c([N+](=O)[O-])c2)c2cc3cc[nH]c3nc2O1. The molecule has 5 heterocycles. The van der Waals surface area contributed by atoms with Crippen molar-refractivity contribution in [2.75, 3.05) is 67.6 Å². The Morgan fingerprint density at radius 2 is 1.77 bits per heavy atom. The summed E-state index contributed by atoms with van der Waals surface area (Å²) < 4.78 is 41.9. The van der Waals surface area contributed by atoms with Gasteiger partial charge < -0.3 is 29.6 Å². The Morgan fingerprint density at radius 3 is 2.52 bits per heavy atom. The van der Waals surface area contributed by atoms with Gasteiger partial charge in [0, 0.05) is 80.3 Å². The van der Waals surface area contributed by atoms with Crippen molar-refractivity contribution < 1.29 is 27.6 Å². The van der Waals surface area contributed by atoms with E-state index >= 15 is 0 Å². The van der Waals surface area contributed by atoms with Crippen LogP contribution in [0, 0.1) is 21.4 Å². The Hall–Kier alpha value is -5.68. The van der Waals surface area contributed by atoms with Crippen LogP contribution in [0.2, 0.25) is 5.02 Å². The summed E-state index contributed by atoms with van der Waals surface area (Å²) in [6, 6.07) is 21.1. The van der Waals surface area contributed by atoms with Crippen molar-refractivity contribution in [3.05, 3.63) is 111 Å². The van der Waals surface area contributed by atoms with E-state index in [1.165, 1.54) is 28.8 Å². The quantitative estimate of drug-likeness (QED) is 0.0801. The van der Waals surface area contributed by atoms with Crippen LogP contribution in [0.25, 0.3) is 16.6 Å². The fraction of sp³-hybridized carbons (Fsp3) is 0.429. The van der Waals surface area contributed by atoms with Crippen molar-refractivity contribution in [1.29, 1.82) is 0 Å². The second-order valence-electron chi connectivity index (χ2n) is 18.9. The molecule has 5 aromatic rings. The third-order valence-electron chi connectivity index (χ3n) is 13.6. The van der Waals surface area contributed by atoms with Gasteiger partial charge in [0.05, 0.1) is 27.6 Å². The first-order chi connectivity index (χ1) is 31.6. The maximum absolute atomic E-state index is 14.4. The predicted octanol–water partition coefficient (Wildman–Crippen LogP) is 9.18. The fourth-order valence-corrected chi connectivity index (χ4v) is 11.0. The summed E-state index contributed by atoms with van der Waals surface area (Å²) in [6.45, 7) is 14.2. The molecule has 1 amide bonds. The highest BCUT2D eigenvalue weighted by Gasteiger charge is 2.34. The maximum atomic E-state index is 14.4. The van der Waals surface area contributed by atoms with Gasteiger partial charge in [-0.3, -0.25) is 19.8 Å². The van der Waals surface area contributed by atoms with Crippen LogP contribution in [0.3, 0.4) is 0 Å². The molecule has 2 aromatic heterocycles. The molecule has 0 unspecified atom stereocenters. The minimum absolute atomic E-state index is 0.107. The Kier molecular flexibility index (Phi) is 12.8. The van der Waals surface area contributed by atoms with Crippen molar-refractivity contribution in [1.82, 2.24) is 19.6 Å². The van der Waals surface area contributed by atoms with E-state index in [9.17, 15) is 23.3 Å². The van der Waals surface area contributed by atoms with E-state index < -0.39 is 31.4 Å². The number of nitro benzene ring substituents is 1. The van der Waals surface area contributed by atoms with Gasteiger partial charge in [0.25, 0.3) is 21.6 Å². The highest BCUT2D eigenvalue weighted by Crippen LogP contribution is 2.44. The number of fused-ring (bicyclic) bond motifs is 2. The van der Waals surface area contributed by atoms with Crippen LogP contribution in [0.4, 0.5) is 28.4 Å². The van der Waals surface area contributed by atoms with Gasteiger partial charge in [-0.2, -0.15) is 4.98 Å². The van der Waals surface area contributed by atoms with Crippen molar-refractivity contribution in [2.24, 2.45) is 11.3 Å². The number of benzene rings is 3. The van der Waals surface area contributed by atoms with Crippen molar-refractivity contribution in [3.63, 3.8) is 0 Å². The van der Waals surface area contributed by atoms with E-state index in [2.05, 4.69) is 50.8 Å². The first-order valence-electron chi connectivity index (χ1n) is 22.8. The molecule has 0 spiro atoms. The van der Waals surface area contributed by atoms with E-state index in [1.54, 1.807) is 12.3 Å². The van der Waals surface area contributed by atoms with Gasteiger partial charge >= 0.3 is 0 Å². The van der Waals surface area contributed by atoms with E-state index in [0.29, 0.717) is 42.7 Å². The number of piperazine rings is 1. The standard InChI is InChI=1S/C49H57ClN8O7S/c1-31-29-57(45-25-35-14-18-51-46(35)53-48(45)65-31)43-26-38(56-21-19-55(20-22-56)30-36-13-17-49(3,4)28-41(36)34-5-7-37(50)8-6-34)9-11-40(43)47(59)54-66(62,63)39-10-12-42(44(27-39)58(60)61)52-32(2)33-15-23-64-24-16-33/h5-12,14,18,25-27,31-33,52H,13,15-17,19-24,28-30H2,1-4H3,(H,51,53)(H,54,59)/t31-,32-/m1/s1. The van der Waals surface area contributed by atoms with Crippen LogP contribution >= 0.6 is 11.6 Å². The van der Waals surface area contributed by atoms with Crippen LogP contribution in [0.5, 0.6) is 5.88 Å². The Bertz CT molecular complexity index is 2780. The maximum Gasteiger partial charge on any atom is 0.293 e. The molecule has 4 aliphatic rings. The summed E-state index contributed by atoms with van der Waals surface area (Å²) in [6.07, 6.45) is 6.29. The normalized spacial score (nSPS) is 19.9. The molecule has 15 nitrogen and oxygen atoms in total. The lowest BCUT2D eigenvalue weighted by molar-refractivity contribution is -0.384. The molecule has 9 rings (SSSR count). The number of H-pyrrole nitrogens is 1. The zero-order valence-corrected chi connectivity index (χ0v) is 39.4. The number of rotatable bonds is 12. The zero-order valence-electron chi connectivity index (χ0n) is 37.8. The highest BCUT2D eigenvalue weighted by atomic mass is 35.5. The van der Waals surface area contributed by atoms with Gasteiger partial charge in [-0.1, -0.05) is 43.2 Å². The van der Waals surface area contributed by atoms with Crippen LogP contribution in [-0.4, -0.2) is 98.7 Å². The molecular weight excluding hydrogens is 880 g/mol. The minimum atomic E-state index is -4.58. The van der Waals surface area contributed by atoms with Gasteiger partial charge in [0.15, 0.2) is 0 Å². The number of carbonyl (C=O) groups is 1. The van der Waals surface area contributed by atoms with Crippen LogP contribution in [0.15, 0.2) is 89.5 Å². The molecule has 3 N–H and O–H groups in total. The van der Waals surface area contributed by atoms with E-state index in [0.717, 1.165) is 87.0 Å². The summed E-state index contributed by atoms with van der Waals surface area (Å²) in [4.78, 5) is 40.4. The highest BCUT2D eigenvalue weighted by molar-refractivity contribution is 7.90. The molecular formula is C49H57ClN8O7S. The average Bonchev–Trinajstić information content (AvgIpc) is 3.76. The van der Waals surface area contributed by atoms with Crippen molar-refractivity contribution in [2.45, 2.75) is 76.8 Å². The summed E-state index contributed by atoms with van der Waals surface area (Å²) in [7, 11) is -4.58. The number of allylic oxidation sites excluding steroid dienone is 1. The third kappa shape index (κ3) is 9.73. The number of pyridine rings is 1. The van der Waals surface area contributed by atoms with Crippen LogP contribution in [0.1, 0.15) is 75.7 Å². The Balaban J connectivity index is 0.990. The van der Waals surface area contributed by atoms with E-state index in [-0.39, 0.29) is 34.7 Å². The van der Waals surface area contributed by atoms with Gasteiger partial charge in [-0.25, -0.2) is 13.1 Å².